The van der Waals surface area contributed by atoms with Gasteiger partial charge in [-0.2, -0.15) is 0 Å². The van der Waals surface area contributed by atoms with Gasteiger partial charge in [0.25, 0.3) is 0 Å². The minimum Gasteiger partial charge on any atom is -0.489 e. The monoisotopic (exact) mass is 589 g/mol. The molecule has 1 unspecified atom stereocenters. The van der Waals surface area contributed by atoms with Crippen LogP contribution in [0.3, 0.4) is 0 Å². The molecule has 1 N–H and O–H groups in total. The van der Waals surface area contributed by atoms with Crippen LogP contribution >= 0.6 is 11.6 Å². The fourth-order valence-corrected chi connectivity index (χ4v) is 5.36. The van der Waals surface area contributed by atoms with Crippen molar-refractivity contribution < 1.29 is 19.3 Å². The molecule has 0 aliphatic carbocycles. The third-order valence-corrected chi connectivity index (χ3v) is 7.52. The summed E-state index contributed by atoms with van der Waals surface area (Å²) in [5.74, 6) is -0.505. The molecule has 6 heteroatoms. The number of nitrogens with zero attached hydrogens (tertiary/aromatic N) is 1. The van der Waals surface area contributed by atoms with Gasteiger partial charge in [-0.1, -0.05) is 109 Å². The second-order valence-corrected chi connectivity index (χ2v) is 10.8. The van der Waals surface area contributed by atoms with Crippen molar-refractivity contribution in [2.24, 2.45) is 0 Å². The Morgan fingerprint density at radius 3 is 2.09 bits per heavy atom. The van der Waals surface area contributed by atoms with Crippen molar-refractivity contribution in [3.63, 3.8) is 0 Å². The molecule has 0 bridgehead atoms. The van der Waals surface area contributed by atoms with Crippen molar-refractivity contribution >= 4 is 22.5 Å². The quantitative estimate of drug-likeness (QED) is 0.145. The highest BCUT2D eigenvalue weighted by atomic mass is 35.5. The molecule has 0 radical (unpaired) electrons. The Morgan fingerprint density at radius 1 is 0.674 bits per heavy atom. The Hall–Kier alpha value is -4.55. The minimum absolute atomic E-state index is 0.0629. The molecule has 1 atom stereocenters. The van der Waals surface area contributed by atoms with Crippen molar-refractivity contribution in [2.45, 2.75) is 25.5 Å². The lowest BCUT2D eigenvalue weighted by molar-refractivity contribution is -0.188. The van der Waals surface area contributed by atoms with Gasteiger partial charge in [0.2, 0.25) is 5.79 Å². The van der Waals surface area contributed by atoms with E-state index >= 15 is 0 Å². The number of hydrogen-bond donors (Lipinski definition) is 1. The highest BCUT2D eigenvalue weighted by Crippen LogP contribution is 2.39. The van der Waals surface area contributed by atoms with E-state index in [4.69, 9.17) is 25.8 Å². The van der Waals surface area contributed by atoms with Gasteiger partial charge in [-0.3, -0.25) is 0 Å². The predicted molar refractivity (Wildman–Crippen MR) is 171 cm³/mol. The number of halogens is 1. The largest absolute Gasteiger partial charge is 0.489 e. The van der Waals surface area contributed by atoms with Crippen molar-refractivity contribution in [2.75, 3.05) is 6.61 Å². The van der Waals surface area contributed by atoms with Gasteiger partial charge in [0, 0.05) is 17.3 Å². The summed E-state index contributed by atoms with van der Waals surface area (Å²) in [7, 11) is 0. The second kappa shape index (κ2) is 13.2. The molecule has 1 aromatic heterocycles. The standard InChI is InChI=1S/C37H32ClNO4/c38-33-15-9-17-35(36(33)31-18-20-32(21-19-31)42-25-29-12-5-2-6-13-29)43-37(40,27-41-24-28-10-3-1-4-11-28)26-39-23-22-30-14-7-8-16-34(30)39/h1-23,40H,24-27H2. The van der Waals surface area contributed by atoms with Crippen LogP contribution < -0.4 is 9.47 Å². The maximum atomic E-state index is 12.0. The zero-order valence-corrected chi connectivity index (χ0v) is 24.4. The molecule has 0 saturated carbocycles. The van der Waals surface area contributed by atoms with E-state index in [0.717, 1.165) is 33.3 Å². The predicted octanol–water partition coefficient (Wildman–Crippen LogP) is 8.53. The molecule has 6 aromatic rings. The topological polar surface area (TPSA) is 52.9 Å². The van der Waals surface area contributed by atoms with E-state index in [2.05, 4.69) is 0 Å². The molecule has 0 saturated heterocycles. The molecule has 6 rings (SSSR count). The summed E-state index contributed by atoms with van der Waals surface area (Å²) in [6.45, 7) is 0.899. The third kappa shape index (κ3) is 7.09. The van der Waals surface area contributed by atoms with E-state index in [1.807, 2.05) is 144 Å². The maximum Gasteiger partial charge on any atom is 0.249 e. The number of aliphatic hydroxyl groups is 1. The highest BCUT2D eigenvalue weighted by molar-refractivity contribution is 6.33. The molecule has 1 heterocycles. The normalized spacial score (nSPS) is 12.6. The summed E-state index contributed by atoms with van der Waals surface area (Å²) in [5.41, 5.74) is 4.61. The Balaban J connectivity index is 1.26. The van der Waals surface area contributed by atoms with Crippen LogP contribution in [0.2, 0.25) is 5.02 Å². The number of hydrogen-bond acceptors (Lipinski definition) is 4. The fourth-order valence-electron chi connectivity index (χ4n) is 5.09. The molecule has 5 nitrogen and oxygen atoms in total. The van der Waals surface area contributed by atoms with Gasteiger partial charge in [-0.25, -0.2) is 0 Å². The van der Waals surface area contributed by atoms with E-state index < -0.39 is 5.79 Å². The molecule has 0 fully saturated rings. The highest BCUT2D eigenvalue weighted by Gasteiger charge is 2.32. The molecule has 0 aliphatic heterocycles. The zero-order valence-electron chi connectivity index (χ0n) is 23.6. The van der Waals surface area contributed by atoms with Crippen molar-refractivity contribution in [1.82, 2.24) is 4.57 Å². The van der Waals surface area contributed by atoms with Crippen molar-refractivity contribution in [1.29, 1.82) is 0 Å². The van der Waals surface area contributed by atoms with Crippen LogP contribution in [-0.4, -0.2) is 22.1 Å². The Kier molecular flexibility index (Phi) is 8.75. The number of rotatable bonds is 12. The molecule has 216 valence electrons. The van der Waals surface area contributed by atoms with E-state index in [1.54, 1.807) is 0 Å². The first kappa shape index (κ1) is 28.6. The second-order valence-electron chi connectivity index (χ2n) is 10.4. The summed E-state index contributed by atoms with van der Waals surface area (Å²) in [6.07, 6.45) is 1.95. The molecule has 43 heavy (non-hydrogen) atoms. The lowest BCUT2D eigenvalue weighted by Gasteiger charge is -2.31. The molecule has 0 aliphatic rings. The molecular formula is C37H32ClNO4. The first-order valence-electron chi connectivity index (χ1n) is 14.2. The van der Waals surface area contributed by atoms with Crippen LogP contribution in [0.25, 0.3) is 22.0 Å². The van der Waals surface area contributed by atoms with Crippen LogP contribution in [0.1, 0.15) is 11.1 Å². The summed E-state index contributed by atoms with van der Waals surface area (Å²) in [6, 6.07) is 43.1. The van der Waals surface area contributed by atoms with Crippen molar-refractivity contribution in [3.8, 4) is 22.6 Å². The van der Waals surface area contributed by atoms with E-state index in [-0.39, 0.29) is 13.2 Å². The van der Waals surface area contributed by atoms with E-state index in [9.17, 15) is 5.11 Å². The van der Waals surface area contributed by atoms with Crippen LogP contribution in [0, 0.1) is 0 Å². The number of benzene rings is 5. The summed E-state index contributed by atoms with van der Waals surface area (Å²) in [4.78, 5) is 0. The van der Waals surface area contributed by atoms with Crippen LogP contribution in [0.15, 0.2) is 140 Å². The van der Waals surface area contributed by atoms with Gasteiger partial charge in [0.15, 0.2) is 0 Å². The lowest BCUT2D eigenvalue weighted by Crippen LogP contribution is -2.45. The van der Waals surface area contributed by atoms with Gasteiger partial charge in [-0.15, -0.1) is 0 Å². The van der Waals surface area contributed by atoms with Gasteiger partial charge >= 0.3 is 0 Å². The van der Waals surface area contributed by atoms with E-state index in [1.165, 1.54) is 0 Å². The number of para-hydroxylation sites is 1. The van der Waals surface area contributed by atoms with Crippen LogP contribution in [-0.2, 0) is 24.5 Å². The molecule has 0 spiro atoms. The SMILES string of the molecule is OC(COCc1ccccc1)(Cn1ccc2ccccc21)Oc1cccc(Cl)c1-c1ccc(OCc2ccccc2)cc1. The van der Waals surface area contributed by atoms with Crippen molar-refractivity contribution in [3.05, 3.63) is 156 Å². The van der Waals surface area contributed by atoms with Gasteiger partial charge in [-0.05, 0) is 58.5 Å². The van der Waals surface area contributed by atoms with Crippen LogP contribution in [0.5, 0.6) is 11.5 Å². The average Bonchev–Trinajstić information content (AvgIpc) is 3.44. The Bertz CT molecular complexity index is 1770. The Morgan fingerprint density at radius 2 is 1.35 bits per heavy atom. The first-order chi connectivity index (χ1) is 21.1. The van der Waals surface area contributed by atoms with E-state index in [0.29, 0.717) is 29.5 Å². The minimum atomic E-state index is -1.70. The fraction of sp³-hybridized carbons (Fsp3) is 0.135. The number of fused-ring (bicyclic) bond motifs is 1. The molecule has 0 amide bonds. The zero-order chi connectivity index (χ0) is 29.5. The maximum absolute atomic E-state index is 12.0. The number of ether oxygens (including phenoxy) is 3. The van der Waals surface area contributed by atoms with Gasteiger partial charge < -0.3 is 23.9 Å². The average molecular weight is 590 g/mol. The molecule has 5 aromatic carbocycles. The Labute approximate surface area is 256 Å². The summed E-state index contributed by atoms with van der Waals surface area (Å²) in [5, 5.41) is 13.6. The van der Waals surface area contributed by atoms with Gasteiger partial charge in [0.1, 0.15) is 24.7 Å². The first-order valence-corrected chi connectivity index (χ1v) is 14.6. The molecular weight excluding hydrogens is 558 g/mol. The third-order valence-electron chi connectivity index (χ3n) is 7.20. The summed E-state index contributed by atoms with van der Waals surface area (Å²) < 4.78 is 20.4. The van der Waals surface area contributed by atoms with Gasteiger partial charge in [0.05, 0.1) is 18.2 Å². The lowest BCUT2D eigenvalue weighted by atomic mass is 10.0. The summed E-state index contributed by atoms with van der Waals surface area (Å²) >= 11 is 6.75. The van der Waals surface area contributed by atoms with Crippen LogP contribution in [0.4, 0.5) is 0 Å². The number of aromatic nitrogens is 1. The smallest absolute Gasteiger partial charge is 0.249 e.